The highest BCUT2D eigenvalue weighted by molar-refractivity contribution is 5.96. The van der Waals surface area contributed by atoms with Gasteiger partial charge in [0.15, 0.2) is 5.78 Å². The third kappa shape index (κ3) is 2.57. The van der Waals surface area contributed by atoms with Crippen molar-refractivity contribution in [1.82, 2.24) is 9.78 Å². The minimum absolute atomic E-state index is 0.00365. The fourth-order valence-corrected chi connectivity index (χ4v) is 2.61. The van der Waals surface area contributed by atoms with Gasteiger partial charge in [0.25, 0.3) is 0 Å². The molecule has 0 amide bonds. The van der Waals surface area contributed by atoms with Gasteiger partial charge in [-0.1, -0.05) is 19.8 Å². The predicted molar refractivity (Wildman–Crippen MR) is 66.8 cm³/mol. The van der Waals surface area contributed by atoms with Crippen molar-refractivity contribution in [2.24, 2.45) is 11.7 Å². The molecule has 0 saturated heterocycles. The first-order valence-corrected chi connectivity index (χ1v) is 6.55. The Hall–Kier alpha value is -1.16. The van der Waals surface area contributed by atoms with Crippen LogP contribution in [-0.2, 0) is 6.54 Å². The summed E-state index contributed by atoms with van der Waals surface area (Å²) in [5, 5.41) is 4.20. The number of nitrogens with zero attached hydrogens (tertiary/aromatic N) is 2. The van der Waals surface area contributed by atoms with Crippen LogP contribution >= 0.6 is 0 Å². The van der Waals surface area contributed by atoms with Gasteiger partial charge < -0.3 is 5.73 Å². The van der Waals surface area contributed by atoms with E-state index in [-0.39, 0.29) is 17.7 Å². The Bertz CT molecular complexity index is 386. The fraction of sp³-hybridized carbons (Fsp3) is 0.692. The lowest BCUT2D eigenvalue weighted by Gasteiger charge is -2.27. The molecular formula is C13H21N3O. The van der Waals surface area contributed by atoms with Crippen molar-refractivity contribution in [1.29, 1.82) is 0 Å². The second-order valence-electron chi connectivity index (χ2n) is 4.86. The monoisotopic (exact) mass is 235 g/mol. The lowest BCUT2D eigenvalue weighted by atomic mass is 9.81. The molecule has 0 bridgehead atoms. The summed E-state index contributed by atoms with van der Waals surface area (Å²) in [5.41, 5.74) is 6.79. The van der Waals surface area contributed by atoms with Gasteiger partial charge in [0.2, 0.25) is 0 Å². The first-order chi connectivity index (χ1) is 8.24. The van der Waals surface area contributed by atoms with Crippen LogP contribution in [0, 0.1) is 5.92 Å². The molecule has 4 heteroatoms. The van der Waals surface area contributed by atoms with E-state index in [2.05, 4.69) is 12.0 Å². The highest BCUT2D eigenvalue weighted by atomic mass is 16.1. The van der Waals surface area contributed by atoms with Gasteiger partial charge in [-0.25, -0.2) is 0 Å². The van der Waals surface area contributed by atoms with E-state index in [4.69, 9.17) is 5.73 Å². The molecule has 1 aliphatic rings. The lowest BCUT2D eigenvalue weighted by molar-refractivity contribution is 0.0859. The van der Waals surface area contributed by atoms with E-state index in [1.54, 1.807) is 6.20 Å². The van der Waals surface area contributed by atoms with E-state index in [0.29, 0.717) is 0 Å². The van der Waals surface area contributed by atoms with Crippen molar-refractivity contribution < 1.29 is 4.79 Å². The van der Waals surface area contributed by atoms with Gasteiger partial charge in [0.05, 0.1) is 0 Å². The minimum Gasteiger partial charge on any atom is -0.327 e. The van der Waals surface area contributed by atoms with Crippen molar-refractivity contribution >= 4 is 5.78 Å². The summed E-state index contributed by atoms with van der Waals surface area (Å²) in [7, 11) is 0. The summed E-state index contributed by atoms with van der Waals surface area (Å²) < 4.78 is 1.81. The molecule has 1 aliphatic carbocycles. The number of carbonyl (C=O) groups is 1. The molecule has 0 spiro atoms. The smallest absolute Gasteiger partial charge is 0.185 e. The number of carbonyl (C=O) groups excluding carboxylic acids is 1. The maximum Gasteiger partial charge on any atom is 0.185 e. The molecule has 94 valence electrons. The number of hydrogen-bond donors (Lipinski definition) is 1. The zero-order valence-corrected chi connectivity index (χ0v) is 10.4. The summed E-state index contributed by atoms with van der Waals surface area (Å²) in [5.74, 6) is 0.180. The molecule has 1 aromatic rings. The van der Waals surface area contributed by atoms with Gasteiger partial charge in [-0.05, 0) is 25.3 Å². The maximum absolute atomic E-state index is 12.4. The van der Waals surface area contributed by atoms with E-state index in [1.165, 1.54) is 0 Å². The second kappa shape index (κ2) is 5.45. The summed E-state index contributed by atoms with van der Waals surface area (Å²) in [6, 6.07) is 1.85. The van der Waals surface area contributed by atoms with Crippen molar-refractivity contribution in [2.45, 2.75) is 51.6 Å². The summed E-state index contributed by atoms with van der Waals surface area (Å²) in [6.45, 7) is 2.89. The van der Waals surface area contributed by atoms with E-state index in [9.17, 15) is 4.79 Å². The average molecular weight is 235 g/mol. The van der Waals surface area contributed by atoms with Crippen LogP contribution in [0.4, 0.5) is 0 Å². The van der Waals surface area contributed by atoms with Crippen molar-refractivity contribution in [3.05, 3.63) is 18.0 Å². The molecule has 0 aliphatic heterocycles. The zero-order valence-electron chi connectivity index (χ0n) is 10.4. The summed E-state index contributed by atoms with van der Waals surface area (Å²) >= 11 is 0. The quantitative estimate of drug-likeness (QED) is 0.812. The highest BCUT2D eigenvalue weighted by Gasteiger charge is 2.30. The molecule has 2 unspecified atom stereocenters. The van der Waals surface area contributed by atoms with Gasteiger partial charge >= 0.3 is 0 Å². The third-order valence-corrected chi connectivity index (χ3v) is 3.56. The topological polar surface area (TPSA) is 60.9 Å². The highest BCUT2D eigenvalue weighted by Crippen LogP contribution is 2.26. The Kier molecular flexibility index (Phi) is 3.94. The Morgan fingerprint density at radius 2 is 2.29 bits per heavy atom. The summed E-state index contributed by atoms with van der Waals surface area (Å²) in [4.78, 5) is 12.4. The number of aryl methyl sites for hydroxylation is 1. The molecule has 17 heavy (non-hydrogen) atoms. The maximum atomic E-state index is 12.4. The molecule has 1 aromatic heterocycles. The van der Waals surface area contributed by atoms with Gasteiger partial charge in [0.1, 0.15) is 5.69 Å². The van der Waals surface area contributed by atoms with E-state index >= 15 is 0 Å². The van der Waals surface area contributed by atoms with Crippen LogP contribution < -0.4 is 5.73 Å². The number of rotatable bonds is 4. The standard InChI is InChI=1S/C13H21N3O/c1-2-9-16-12(7-8-15-16)13(17)10-5-3-4-6-11(10)14/h7-8,10-11H,2-6,9,14H2,1H3. The van der Waals surface area contributed by atoms with Gasteiger partial charge in [0, 0.05) is 24.7 Å². The molecule has 0 aromatic carbocycles. The summed E-state index contributed by atoms with van der Waals surface area (Å²) in [6.07, 6.45) is 6.86. The number of aromatic nitrogens is 2. The molecule has 2 atom stereocenters. The molecule has 2 N–H and O–H groups in total. The average Bonchev–Trinajstić information content (AvgIpc) is 2.78. The molecule has 0 radical (unpaired) electrons. The van der Waals surface area contributed by atoms with Crippen molar-refractivity contribution in [3.63, 3.8) is 0 Å². The first kappa shape index (κ1) is 12.3. The molecule has 4 nitrogen and oxygen atoms in total. The first-order valence-electron chi connectivity index (χ1n) is 6.55. The van der Waals surface area contributed by atoms with Crippen molar-refractivity contribution in [3.8, 4) is 0 Å². The van der Waals surface area contributed by atoms with Gasteiger partial charge in [-0.2, -0.15) is 5.10 Å². The number of ketones is 1. The van der Waals surface area contributed by atoms with Crippen LogP contribution in [0.3, 0.4) is 0 Å². The van der Waals surface area contributed by atoms with Crippen LogP contribution in [-0.4, -0.2) is 21.6 Å². The zero-order chi connectivity index (χ0) is 12.3. The Balaban J connectivity index is 2.15. The Morgan fingerprint density at radius 1 is 1.53 bits per heavy atom. The SMILES string of the molecule is CCCn1nccc1C(=O)C1CCCCC1N. The van der Waals surface area contributed by atoms with E-state index in [0.717, 1.165) is 44.3 Å². The molecule has 1 heterocycles. The van der Waals surface area contributed by atoms with Crippen LogP contribution in [0.2, 0.25) is 0 Å². The molecular weight excluding hydrogens is 214 g/mol. The lowest BCUT2D eigenvalue weighted by Crippen LogP contribution is -2.38. The van der Waals surface area contributed by atoms with Crippen molar-refractivity contribution in [2.75, 3.05) is 0 Å². The van der Waals surface area contributed by atoms with Crippen LogP contribution in [0.15, 0.2) is 12.3 Å². The second-order valence-corrected chi connectivity index (χ2v) is 4.86. The number of hydrogen-bond acceptors (Lipinski definition) is 3. The fourth-order valence-electron chi connectivity index (χ4n) is 2.61. The largest absolute Gasteiger partial charge is 0.327 e. The van der Waals surface area contributed by atoms with Crippen LogP contribution in [0.5, 0.6) is 0 Å². The third-order valence-electron chi connectivity index (χ3n) is 3.56. The Labute approximate surface area is 102 Å². The van der Waals surface area contributed by atoms with E-state index in [1.807, 2.05) is 10.7 Å². The van der Waals surface area contributed by atoms with E-state index < -0.39 is 0 Å². The van der Waals surface area contributed by atoms with Crippen LogP contribution in [0.25, 0.3) is 0 Å². The Morgan fingerprint density at radius 3 is 3.00 bits per heavy atom. The molecule has 2 rings (SSSR count). The predicted octanol–water partition coefficient (Wildman–Crippen LogP) is 1.99. The normalized spacial score (nSPS) is 24.8. The number of nitrogens with two attached hydrogens (primary N) is 1. The molecule has 1 saturated carbocycles. The van der Waals surface area contributed by atoms with Gasteiger partial charge in [-0.15, -0.1) is 0 Å². The number of Topliss-reactive ketones (excluding diaryl/α,β-unsaturated/α-hetero) is 1. The van der Waals surface area contributed by atoms with Gasteiger partial charge in [-0.3, -0.25) is 9.48 Å². The molecule has 1 fully saturated rings. The minimum atomic E-state index is -0.00365. The van der Waals surface area contributed by atoms with Crippen LogP contribution in [0.1, 0.15) is 49.5 Å².